The molecule has 2 atom stereocenters. The highest BCUT2D eigenvalue weighted by molar-refractivity contribution is 5.77. The molecule has 0 bridgehead atoms. The van der Waals surface area contributed by atoms with Crippen LogP contribution in [0.25, 0.3) is 11.1 Å². The van der Waals surface area contributed by atoms with Crippen LogP contribution < -0.4 is 5.76 Å². The summed E-state index contributed by atoms with van der Waals surface area (Å²) in [5, 5.41) is 10.9. The number of rotatable bonds is 5. The van der Waals surface area contributed by atoms with Crippen LogP contribution >= 0.6 is 0 Å². The van der Waals surface area contributed by atoms with Gasteiger partial charge in [-0.15, -0.1) is 0 Å². The van der Waals surface area contributed by atoms with E-state index >= 15 is 0 Å². The van der Waals surface area contributed by atoms with Crippen LogP contribution in [-0.2, 0) is 11.3 Å². The van der Waals surface area contributed by atoms with Gasteiger partial charge in [0.2, 0.25) is 5.91 Å². The maximum Gasteiger partial charge on any atom is 0.419 e. The molecule has 8 heteroatoms. The van der Waals surface area contributed by atoms with E-state index in [0.29, 0.717) is 30.8 Å². The first-order valence-corrected chi connectivity index (χ1v) is 10.1. The highest BCUT2D eigenvalue weighted by Gasteiger charge is 2.32. The summed E-state index contributed by atoms with van der Waals surface area (Å²) in [5.74, 6) is 1.05. The zero-order chi connectivity index (χ0) is 19.7. The van der Waals surface area contributed by atoms with Gasteiger partial charge >= 0.3 is 5.76 Å². The summed E-state index contributed by atoms with van der Waals surface area (Å²) in [5.41, 5.74) is 0.602. The lowest BCUT2D eigenvalue weighted by atomic mass is 9.75. The van der Waals surface area contributed by atoms with Gasteiger partial charge in [0.15, 0.2) is 5.58 Å². The molecule has 0 N–H and O–H groups in total. The Balaban J connectivity index is 1.36. The summed E-state index contributed by atoms with van der Waals surface area (Å²) in [6, 6.07) is 4.13. The minimum absolute atomic E-state index is 0.116. The third-order valence-corrected chi connectivity index (χ3v) is 6.28. The second-order valence-corrected chi connectivity index (χ2v) is 7.97. The molecule has 2 aromatic rings. The summed E-state index contributed by atoms with van der Waals surface area (Å²) in [7, 11) is 0. The van der Waals surface area contributed by atoms with Gasteiger partial charge in [-0.25, -0.2) is 4.79 Å². The van der Waals surface area contributed by atoms with Gasteiger partial charge in [-0.2, -0.15) is 0 Å². The smallest absolute Gasteiger partial charge is 0.407 e. The molecular weight excluding hydrogens is 362 g/mol. The predicted octanol–water partition coefficient (Wildman–Crippen LogP) is 3.32. The number of nitro benzene ring substituents is 1. The minimum atomic E-state index is -0.550. The maximum absolute atomic E-state index is 12.6. The molecular formula is C20H25N3O5. The molecule has 4 rings (SSSR count). The van der Waals surface area contributed by atoms with Crippen LogP contribution in [0.3, 0.4) is 0 Å². The second kappa shape index (κ2) is 7.77. The van der Waals surface area contributed by atoms with E-state index in [2.05, 4.69) is 0 Å². The number of hydrogen-bond donors (Lipinski definition) is 0. The largest absolute Gasteiger partial charge is 0.419 e. The van der Waals surface area contributed by atoms with Crippen molar-refractivity contribution in [1.29, 1.82) is 0 Å². The molecule has 2 fully saturated rings. The quantitative estimate of drug-likeness (QED) is 0.579. The number of non-ortho nitro benzene ring substituents is 1. The van der Waals surface area contributed by atoms with Crippen LogP contribution in [0.4, 0.5) is 5.69 Å². The number of oxazole rings is 1. The first-order chi connectivity index (χ1) is 13.5. The Labute approximate surface area is 162 Å². The maximum atomic E-state index is 12.6. The standard InChI is InChI=1S/C20H25N3O5/c24-19(21-11-9-14-4-1-2-5-15(14)13-21)6-3-10-22-17-8-7-16(23(26)27)12-18(17)28-20(22)25/h7-8,12,14-15H,1-6,9-11,13H2/t14-,15-/m1/s1. The van der Waals surface area contributed by atoms with Crippen molar-refractivity contribution >= 4 is 22.7 Å². The fourth-order valence-corrected chi connectivity index (χ4v) is 4.75. The molecule has 1 aromatic carbocycles. The van der Waals surface area contributed by atoms with Crippen molar-refractivity contribution in [3.8, 4) is 0 Å². The Morgan fingerprint density at radius 1 is 1.21 bits per heavy atom. The Bertz CT molecular complexity index is 947. The third-order valence-electron chi connectivity index (χ3n) is 6.28. The molecule has 1 aliphatic carbocycles. The van der Waals surface area contributed by atoms with E-state index in [-0.39, 0.29) is 17.2 Å². The number of amides is 1. The zero-order valence-electron chi connectivity index (χ0n) is 15.8. The molecule has 1 saturated heterocycles. The van der Waals surface area contributed by atoms with E-state index in [1.807, 2.05) is 4.90 Å². The van der Waals surface area contributed by atoms with Crippen LogP contribution in [0, 0.1) is 22.0 Å². The lowest BCUT2D eigenvalue weighted by Gasteiger charge is -2.41. The summed E-state index contributed by atoms with van der Waals surface area (Å²) >= 11 is 0. The Morgan fingerprint density at radius 2 is 2.00 bits per heavy atom. The SMILES string of the molecule is O=C(CCCn1c(=O)oc2cc([N+](=O)[O-])ccc21)N1CC[C@H]2CCCC[C@@H]2C1. The molecule has 1 amide bonds. The molecule has 0 radical (unpaired) electrons. The summed E-state index contributed by atoms with van der Waals surface area (Å²) in [6.07, 6.45) is 7.18. The van der Waals surface area contributed by atoms with Gasteiger partial charge in [0.25, 0.3) is 5.69 Å². The molecule has 0 spiro atoms. The molecule has 1 aliphatic heterocycles. The Morgan fingerprint density at radius 3 is 2.79 bits per heavy atom. The first-order valence-electron chi connectivity index (χ1n) is 10.1. The molecule has 150 valence electrons. The summed E-state index contributed by atoms with van der Waals surface area (Å²) in [6.45, 7) is 2.08. The topological polar surface area (TPSA) is 98.6 Å². The van der Waals surface area contributed by atoms with Crippen molar-refractivity contribution in [2.24, 2.45) is 11.8 Å². The number of hydrogen-bond acceptors (Lipinski definition) is 5. The van der Waals surface area contributed by atoms with E-state index in [4.69, 9.17) is 4.42 Å². The number of benzene rings is 1. The van der Waals surface area contributed by atoms with Crippen molar-refractivity contribution in [1.82, 2.24) is 9.47 Å². The molecule has 0 unspecified atom stereocenters. The average Bonchev–Trinajstić information content (AvgIpc) is 3.02. The number of nitrogens with zero attached hydrogens (tertiary/aromatic N) is 3. The van der Waals surface area contributed by atoms with Crippen molar-refractivity contribution in [2.45, 2.75) is 51.5 Å². The van der Waals surface area contributed by atoms with Crippen LogP contribution in [0.2, 0.25) is 0 Å². The van der Waals surface area contributed by atoms with Crippen LogP contribution in [0.1, 0.15) is 44.9 Å². The predicted molar refractivity (Wildman–Crippen MR) is 103 cm³/mol. The lowest BCUT2D eigenvalue weighted by Crippen LogP contribution is -2.44. The molecule has 2 heterocycles. The minimum Gasteiger partial charge on any atom is -0.407 e. The number of aromatic nitrogens is 1. The highest BCUT2D eigenvalue weighted by atomic mass is 16.6. The number of piperidine rings is 1. The molecule has 8 nitrogen and oxygen atoms in total. The number of carbonyl (C=O) groups is 1. The van der Waals surface area contributed by atoms with Crippen LogP contribution in [-0.4, -0.2) is 33.4 Å². The number of fused-ring (bicyclic) bond motifs is 2. The molecule has 1 aromatic heterocycles. The zero-order valence-corrected chi connectivity index (χ0v) is 15.8. The fraction of sp³-hybridized carbons (Fsp3) is 0.600. The average molecular weight is 387 g/mol. The highest BCUT2D eigenvalue weighted by Crippen LogP contribution is 2.36. The lowest BCUT2D eigenvalue weighted by molar-refractivity contribution is -0.384. The summed E-state index contributed by atoms with van der Waals surface area (Å²) < 4.78 is 6.57. The molecule has 28 heavy (non-hydrogen) atoms. The third kappa shape index (κ3) is 3.68. The van der Waals surface area contributed by atoms with Gasteiger partial charge in [-0.3, -0.25) is 19.5 Å². The molecule has 1 saturated carbocycles. The van der Waals surface area contributed by atoms with Crippen LogP contribution in [0.15, 0.2) is 27.4 Å². The Hall–Kier alpha value is -2.64. The van der Waals surface area contributed by atoms with Gasteiger partial charge in [-0.1, -0.05) is 19.3 Å². The van der Waals surface area contributed by atoms with E-state index in [1.165, 1.54) is 48.4 Å². The molecule has 2 aliphatic rings. The Kier molecular flexibility index (Phi) is 5.19. The van der Waals surface area contributed by atoms with E-state index < -0.39 is 10.7 Å². The van der Waals surface area contributed by atoms with Gasteiger partial charge < -0.3 is 9.32 Å². The number of aryl methyl sites for hydroxylation is 1. The normalized spacial score (nSPS) is 22.2. The van der Waals surface area contributed by atoms with Crippen molar-refractivity contribution in [3.05, 3.63) is 38.9 Å². The number of likely N-dealkylation sites (tertiary alicyclic amines) is 1. The van der Waals surface area contributed by atoms with Gasteiger partial charge in [-0.05, 0) is 37.2 Å². The fourth-order valence-electron chi connectivity index (χ4n) is 4.75. The van der Waals surface area contributed by atoms with Crippen molar-refractivity contribution in [3.63, 3.8) is 0 Å². The first kappa shape index (κ1) is 18.7. The summed E-state index contributed by atoms with van der Waals surface area (Å²) in [4.78, 5) is 37.0. The van der Waals surface area contributed by atoms with E-state index in [0.717, 1.165) is 25.4 Å². The van der Waals surface area contributed by atoms with Gasteiger partial charge in [0.1, 0.15) is 0 Å². The van der Waals surface area contributed by atoms with E-state index in [9.17, 15) is 19.7 Å². The van der Waals surface area contributed by atoms with Crippen molar-refractivity contribution in [2.75, 3.05) is 13.1 Å². The number of carbonyl (C=O) groups excluding carboxylic acids is 1. The van der Waals surface area contributed by atoms with Crippen molar-refractivity contribution < 1.29 is 14.1 Å². The number of nitro groups is 1. The van der Waals surface area contributed by atoms with Gasteiger partial charge in [0, 0.05) is 32.1 Å². The van der Waals surface area contributed by atoms with E-state index in [1.54, 1.807) is 0 Å². The second-order valence-electron chi connectivity index (χ2n) is 7.97. The van der Waals surface area contributed by atoms with Gasteiger partial charge in [0.05, 0.1) is 16.5 Å². The van der Waals surface area contributed by atoms with Crippen LogP contribution in [0.5, 0.6) is 0 Å². The monoisotopic (exact) mass is 387 g/mol.